The van der Waals surface area contributed by atoms with E-state index in [-0.39, 0.29) is 23.2 Å². The van der Waals surface area contributed by atoms with Crippen molar-refractivity contribution in [1.82, 2.24) is 14.8 Å². The fourth-order valence-corrected chi connectivity index (χ4v) is 2.93. The van der Waals surface area contributed by atoms with E-state index in [1.165, 1.54) is 0 Å². The molecule has 0 spiro atoms. The van der Waals surface area contributed by atoms with Gasteiger partial charge in [-0.1, -0.05) is 18.2 Å². The summed E-state index contributed by atoms with van der Waals surface area (Å²) in [6.45, 7) is 5.79. The van der Waals surface area contributed by atoms with Crippen molar-refractivity contribution >= 4 is 23.9 Å². The zero-order valence-corrected chi connectivity index (χ0v) is 15.4. The zero-order valence-electron chi connectivity index (χ0n) is 15.4. The van der Waals surface area contributed by atoms with E-state index in [9.17, 15) is 14.4 Å². The average Bonchev–Trinajstić information content (AvgIpc) is 2.70. The first-order chi connectivity index (χ1) is 13.0. The number of amides is 3. The van der Waals surface area contributed by atoms with Crippen molar-refractivity contribution in [3.8, 4) is 0 Å². The molecule has 0 aliphatic carbocycles. The molecule has 0 unspecified atom stereocenters. The van der Waals surface area contributed by atoms with Crippen LogP contribution in [-0.2, 0) is 4.79 Å². The number of hydrogen-bond acceptors (Lipinski definition) is 4. The molecule has 7 nitrogen and oxygen atoms in total. The summed E-state index contributed by atoms with van der Waals surface area (Å²) in [6, 6.07) is 10.7. The van der Waals surface area contributed by atoms with Crippen molar-refractivity contribution < 1.29 is 14.4 Å². The molecule has 0 saturated carbocycles. The lowest BCUT2D eigenvalue weighted by Gasteiger charge is -2.32. The van der Waals surface area contributed by atoms with Gasteiger partial charge in [0.25, 0.3) is 11.8 Å². The number of aromatic nitrogens is 1. The Bertz CT molecular complexity index is 873. The summed E-state index contributed by atoms with van der Waals surface area (Å²) in [5.74, 6) is -0.592. The molecule has 0 bridgehead atoms. The number of hydrogen-bond donors (Lipinski definition) is 1. The second-order valence-electron chi connectivity index (χ2n) is 6.61. The molecule has 0 atom stereocenters. The minimum Gasteiger partial charge on any atom is -0.342 e. The molecule has 27 heavy (non-hydrogen) atoms. The Labute approximate surface area is 158 Å². The van der Waals surface area contributed by atoms with Gasteiger partial charge in [0.2, 0.25) is 6.41 Å². The predicted octanol–water partition coefficient (Wildman–Crippen LogP) is 1.86. The van der Waals surface area contributed by atoms with Gasteiger partial charge in [0.15, 0.2) is 0 Å². The Balaban J connectivity index is 1.73. The normalized spacial score (nSPS) is 14.0. The van der Waals surface area contributed by atoms with Gasteiger partial charge in [0.1, 0.15) is 11.4 Å². The molecule has 2 heterocycles. The van der Waals surface area contributed by atoms with Crippen LogP contribution in [0.2, 0.25) is 0 Å². The van der Waals surface area contributed by atoms with Gasteiger partial charge in [0.05, 0.1) is 0 Å². The highest BCUT2D eigenvalue weighted by molar-refractivity contribution is 6.04. The first kappa shape index (κ1) is 18.6. The largest absolute Gasteiger partial charge is 0.342 e. The summed E-state index contributed by atoms with van der Waals surface area (Å²) in [6.07, 6.45) is 0.790. The number of carbonyl (C=O) groups excluding carboxylic acids is 3. The van der Waals surface area contributed by atoms with Gasteiger partial charge in [-0.3, -0.25) is 14.4 Å². The highest BCUT2D eigenvalue weighted by atomic mass is 16.2. The number of pyridine rings is 1. The van der Waals surface area contributed by atoms with E-state index in [4.69, 9.17) is 0 Å². The van der Waals surface area contributed by atoms with Crippen LogP contribution >= 0.6 is 0 Å². The molecule has 7 heteroatoms. The molecule has 1 saturated heterocycles. The zero-order chi connectivity index (χ0) is 19.4. The lowest BCUT2D eigenvalue weighted by molar-refractivity contribution is -0.119. The van der Waals surface area contributed by atoms with Crippen molar-refractivity contribution in [2.75, 3.05) is 31.5 Å². The van der Waals surface area contributed by atoms with Crippen molar-refractivity contribution in [2.45, 2.75) is 13.8 Å². The third-order valence-electron chi connectivity index (χ3n) is 4.59. The number of nitrogens with zero attached hydrogens (tertiary/aromatic N) is 3. The number of piperazine rings is 1. The maximum absolute atomic E-state index is 12.7. The average molecular weight is 366 g/mol. The van der Waals surface area contributed by atoms with Gasteiger partial charge in [-0.2, -0.15) is 0 Å². The Morgan fingerprint density at radius 1 is 1.04 bits per heavy atom. The van der Waals surface area contributed by atoms with Crippen LogP contribution in [-0.4, -0.2) is 59.2 Å². The quantitative estimate of drug-likeness (QED) is 0.838. The van der Waals surface area contributed by atoms with Crippen LogP contribution in [0.3, 0.4) is 0 Å². The Morgan fingerprint density at radius 2 is 1.74 bits per heavy atom. The van der Waals surface area contributed by atoms with Gasteiger partial charge < -0.3 is 15.1 Å². The second kappa shape index (κ2) is 7.99. The molecular formula is C20H22N4O3. The van der Waals surface area contributed by atoms with Crippen LogP contribution in [0.15, 0.2) is 36.4 Å². The summed E-state index contributed by atoms with van der Waals surface area (Å²) in [5.41, 5.74) is 3.14. The second-order valence-corrected chi connectivity index (χ2v) is 6.61. The van der Waals surface area contributed by atoms with Crippen LogP contribution in [0.25, 0.3) is 0 Å². The fourth-order valence-electron chi connectivity index (χ4n) is 2.93. The molecule has 2 aromatic rings. The Hall–Kier alpha value is -3.22. The third-order valence-corrected chi connectivity index (χ3v) is 4.59. The minimum atomic E-state index is -0.357. The van der Waals surface area contributed by atoms with Crippen LogP contribution in [0, 0.1) is 13.8 Å². The predicted molar refractivity (Wildman–Crippen MR) is 102 cm³/mol. The number of benzene rings is 1. The van der Waals surface area contributed by atoms with Gasteiger partial charge in [-0.25, -0.2) is 4.98 Å². The van der Waals surface area contributed by atoms with Crippen LogP contribution in [0.1, 0.15) is 32.1 Å². The van der Waals surface area contributed by atoms with E-state index in [0.717, 1.165) is 23.2 Å². The maximum atomic E-state index is 12.7. The van der Waals surface area contributed by atoms with Crippen LogP contribution in [0.4, 0.5) is 5.69 Å². The molecule has 3 rings (SSSR count). The molecule has 1 N–H and O–H groups in total. The molecule has 1 aromatic carbocycles. The summed E-state index contributed by atoms with van der Waals surface area (Å²) < 4.78 is 0. The summed E-state index contributed by atoms with van der Waals surface area (Å²) in [7, 11) is 0. The molecular weight excluding hydrogens is 344 g/mol. The molecule has 1 aliphatic heterocycles. The van der Waals surface area contributed by atoms with Crippen molar-refractivity contribution in [2.24, 2.45) is 0 Å². The lowest BCUT2D eigenvalue weighted by atomic mass is 10.1. The third kappa shape index (κ3) is 4.31. The first-order valence-corrected chi connectivity index (χ1v) is 8.82. The molecule has 1 aromatic heterocycles. The van der Waals surface area contributed by atoms with Gasteiger partial charge in [-0.15, -0.1) is 0 Å². The van der Waals surface area contributed by atoms with E-state index in [2.05, 4.69) is 10.3 Å². The van der Waals surface area contributed by atoms with Crippen molar-refractivity contribution in [1.29, 1.82) is 0 Å². The maximum Gasteiger partial charge on any atom is 0.274 e. The highest BCUT2D eigenvalue weighted by Crippen LogP contribution is 2.17. The topological polar surface area (TPSA) is 82.6 Å². The summed E-state index contributed by atoms with van der Waals surface area (Å²) >= 11 is 0. The lowest BCUT2D eigenvalue weighted by Crippen LogP contribution is -2.48. The van der Waals surface area contributed by atoms with Gasteiger partial charge >= 0.3 is 0 Å². The SMILES string of the molecule is Cc1ccc(C)c(NC(=O)c2cccc(C(=O)N3CCN(C=O)CC3)n2)c1. The molecule has 0 radical (unpaired) electrons. The molecule has 1 fully saturated rings. The Kier molecular flexibility index (Phi) is 5.49. The van der Waals surface area contributed by atoms with E-state index < -0.39 is 0 Å². The number of aryl methyl sites for hydroxylation is 2. The number of nitrogens with one attached hydrogen (secondary N) is 1. The highest BCUT2D eigenvalue weighted by Gasteiger charge is 2.23. The van der Waals surface area contributed by atoms with Crippen molar-refractivity contribution in [3.05, 3.63) is 58.9 Å². The molecule has 3 amide bonds. The smallest absolute Gasteiger partial charge is 0.274 e. The van der Waals surface area contributed by atoms with E-state index in [0.29, 0.717) is 26.2 Å². The Morgan fingerprint density at radius 3 is 2.44 bits per heavy atom. The minimum absolute atomic E-state index is 0.188. The molecule has 140 valence electrons. The van der Waals surface area contributed by atoms with Crippen LogP contribution < -0.4 is 5.32 Å². The standard InChI is InChI=1S/C20H22N4O3/c1-14-6-7-15(2)18(12-14)22-19(26)16-4-3-5-17(21-16)20(27)24-10-8-23(13-25)9-11-24/h3-7,12-13H,8-11H2,1-2H3,(H,22,26). The van der Waals surface area contributed by atoms with E-state index in [1.807, 2.05) is 32.0 Å². The number of rotatable bonds is 4. The summed E-state index contributed by atoms with van der Waals surface area (Å²) in [5, 5.41) is 2.85. The first-order valence-electron chi connectivity index (χ1n) is 8.82. The van der Waals surface area contributed by atoms with Gasteiger partial charge in [-0.05, 0) is 43.2 Å². The number of carbonyl (C=O) groups is 3. The summed E-state index contributed by atoms with van der Waals surface area (Å²) in [4.78, 5) is 43.5. The fraction of sp³-hybridized carbons (Fsp3) is 0.300. The van der Waals surface area contributed by atoms with Crippen molar-refractivity contribution in [3.63, 3.8) is 0 Å². The van der Waals surface area contributed by atoms with Crippen LogP contribution in [0.5, 0.6) is 0 Å². The number of anilines is 1. The van der Waals surface area contributed by atoms with E-state index >= 15 is 0 Å². The van der Waals surface area contributed by atoms with Gasteiger partial charge in [0, 0.05) is 31.9 Å². The monoisotopic (exact) mass is 366 g/mol. The van der Waals surface area contributed by atoms with E-state index in [1.54, 1.807) is 28.0 Å². The molecule has 1 aliphatic rings.